The van der Waals surface area contributed by atoms with E-state index in [2.05, 4.69) is 20.9 Å². The molecule has 4 amide bonds. The zero-order chi connectivity index (χ0) is 35.9. The summed E-state index contributed by atoms with van der Waals surface area (Å²) >= 11 is 0. The number of rotatable bonds is 10. The number of nitrogens with one attached hydrogen (secondary N) is 3. The lowest BCUT2D eigenvalue weighted by molar-refractivity contribution is 0.185. The molecule has 3 aromatic carbocycles. The van der Waals surface area contributed by atoms with Crippen LogP contribution in [0.3, 0.4) is 0 Å². The molecule has 0 saturated carbocycles. The van der Waals surface area contributed by atoms with Gasteiger partial charge in [0, 0.05) is 64.1 Å². The molecule has 3 heterocycles. The Morgan fingerprint density at radius 2 is 1.69 bits per heavy atom. The highest BCUT2D eigenvalue weighted by Gasteiger charge is 2.33. The quantitative estimate of drug-likeness (QED) is 0.228. The highest BCUT2D eigenvalue weighted by Crippen LogP contribution is 2.37. The molecule has 51 heavy (non-hydrogen) atoms. The molecule has 270 valence electrons. The summed E-state index contributed by atoms with van der Waals surface area (Å²) in [5, 5.41) is 11.5. The number of carbonyl (C=O) groups excluding carboxylic acids is 2. The van der Waals surface area contributed by atoms with Crippen molar-refractivity contribution >= 4 is 34.3 Å². The van der Waals surface area contributed by atoms with Gasteiger partial charge in [-0.15, -0.1) is 0 Å². The molecule has 2 aliphatic rings. The molecule has 2 fully saturated rings. The number of ether oxygens (including phenoxy) is 2. The van der Waals surface area contributed by atoms with Crippen LogP contribution < -0.4 is 40.9 Å². The van der Waals surface area contributed by atoms with Crippen molar-refractivity contribution in [1.29, 1.82) is 0 Å². The fourth-order valence-corrected chi connectivity index (χ4v) is 6.46. The Balaban J connectivity index is 1.31. The molecule has 0 aliphatic carbocycles. The van der Waals surface area contributed by atoms with E-state index >= 15 is 0 Å². The second kappa shape index (κ2) is 16.1. The summed E-state index contributed by atoms with van der Waals surface area (Å²) in [6.45, 7) is 8.42. The lowest BCUT2D eigenvalue weighted by atomic mass is 10.1. The molecule has 3 N–H and O–H groups in total. The van der Waals surface area contributed by atoms with Gasteiger partial charge in [0.05, 0.1) is 49.9 Å². The molecule has 1 atom stereocenters. The predicted molar refractivity (Wildman–Crippen MR) is 194 cm³/mol. The predicted octanol–water partition coefficient (Wildman–Crippen LogP) is 3.22. The summed E-state index contributed by atoms with van der Waals surface area (Å²) in [5.74, 6) is 0.738. The smallest absolute Gasteiger partial charge is 0.327 e. The van der Waals surface area contributed by atoms with Crippen LogP contribution >= 0.6 is 0 Å². The number of hydrogen-bond donors (Lipinski definition) is 3. The normalized spacial score (nSPS) is 15.7. The van der Waals surface area contributed by atoms with Gasteiger partial charge in [0.15, 0.2) is 5.82 Å². The van der Waals surface area contributed by atoms with Crippen LogP contribution in [0.4, 0.5) is 25.4 Å². The van der Waals surface area contributed by atoms with Crippen molar-refractivity contribution in [2.24, 2.45) is 0 Å². The van der Waals surface area contributed by atoms with E-state index in [9.17, 15) is 18.8 Å². The number of piperazine rings is 2. The van der Waals surface area contributed by atoms with Crippen LogP contribution in [-0.4, -0.2) is 111 Å². The van der Waals surface area contributed by atoms with E-state index in [4.69, 9.17) is 14.5 Å². The Kier molecular flexibility index (Phi) is 11.2. The molecule has 0 spiro atoms. The number of fused-ring (bicyclic) bond motifs is 1. The maximum Gasteiger partial charge on any atom is 0.327 e. The SMILES string of the molecule is COc1ccc(N(C(=O)Nc2ccc(F)cc2)C(C)c2nc3ccccc3c(=O)n2N2CCN(C(=O)NCCN3CCNCC3)CC2)c(OC)c1. The Bertz CT molecular complexity index is 1890. The van der Waals surface area contributed by atoms with Crippen LogP contribution in [0.1, 0.15) is 18.8 Å². The second-order valence-electron chi connectivity index (χ2n) is 12.4. The molecule has 1 aromatic heterocycles. The van der Waals surface area contributed by atoms with Crippen LogP contribution in [0.15, 0.2) is 71.5 Å². The molecule has 2 aliphatic heterocycles. The van der Waals surface area contributed by atoms with Crippen LogP contribution in [-0.2, 0) is 0 Å². The van der Waals surface area contributed by atoms with Gasteiger partial charge in [0.25, 0.3) is 5.56 Å². The van der Waals surface area contributed by atoms with Crippen molar-refractivity contribution in [3.8, 4) is 11.5 Å². The zero-order valence-electron chi connectivity index (χ0n) is 29.1. The monoisotopic (exact) mass is 701 g/mol. The molecule has 4 aromatic rings. The summed E-state index contributed by atoms with van der Waals surface area (Å²) in [5.41, 5.74) is 0.944. The second-order valence-corrected chi connectivity index (χ2v) is 12.4. The lowest BCUT2D eigenvalue weighted by Crippen LogP contribution is -2.58. The van der Waals surface area contributed by atoms with Crippen molar-refractivity contribution in [2.75, 3.05) is 94.9 Å². The van der Waals surface area contributed by atoms with Crippen LogP contribution in [0.25, 0.3) is 10.9 Å². The Morgan fingerprint density at radius 1 is 0.961 bits per heavy atom. The maximum atomic E-state index is 14.3. The molecule has 6 rings (SSSR count). The molecular weight excluding hydrogens is 657 g/mol. The minimum Gasteiger partial charge on any atom is -0.497 e. The van der Waals surface area contributed by atoms with Gasteiger partial charge in [-0.05, 0) is 55.5 Å². The first-order valence-electron chi connectivity index (χ1n) is 17.1. The van der Waals surface area contributed by atoms with E-state index in [0.717, 1.165) is 32.7 Å². The topological polar surface area (TPSA) is 137 Å². The summed E-state index contributed by atoms with van der Waals surface area (Å²) in [4.78, 5) is 52.1. The first-order chi connectivity index (χ1) is 24.8. The van der Waals surface area contributed by atoms with Crippen molar-refractivity contribution in [3.05, 3.63) is 88.7 Å². The van der Waals surface area contributed by atoms with Crippen molar-refractivity contribution in [3.63, 3.8) is 0 Å². The number of hydrogen-bond acceptors (Lipinski definition) is 9. The molecule has 0 bridgehead atoms. The largest absolute Gasteiger partial charge is 0.497 e. The number of anilines is 2. The first-order valence-corrected chi connectivity index (χ1v) is 17.1. The van der Waals surface area contributed by atoms with E-state index in [0.29, 0.717) is 72.3 Å². The third kappa shape index (κ3) is 7.99. The minimum atomic E-state index is -0.837. The average molecular weight is 702 g/mol. The van der Waals surface area contributed by atoms with Gasteiger partial charge in [-0.25, -0.2) is 23.6 Å². The van der Waals surface area contributed by atoms with Crippen molar-refractivity contribution in [1.82, 2.24) is 30.1 Å². The summed E-state index contributed by atoms with van der Waals surface area (Å²) in [6, 6.07) is 16.0. The van der Waals surface area contributed by atoms with E-state index in [1.54, 1.807) is 54.3 Å². The number of benzene rings is 3. The third-order valence-electron chi connectivity index (χ3n) is 9.24. The molecule has 14 nitrogen and oxygen atoms in total. The zero-order valence-corrected chi connectivity index (χ0v) is 29.1. The van der Waals surface area contributed by atoms with Gasteiger partial charge in [-0.2, -0.15) is 0 Å². The molecule has 2 saturated heterocycles. The average Bonchev–Trinajstić information content (AvgIpc) is 3.16. The van der Waals surface area contributed by atoms with Crippen LogP contribution in [0.2, 0.25) is 0 Å². The van der Waals surface area contributed by atoms with Gasteiger partial charge in [0.2, 0.25) is 0 Å². The number of halogens is 1. The van der Waals surface area contributed by atoms with Crippen molar-refractivity contribution in [2.45, 2.75) is 13.0 Å². The minimum absolute atomic E-state index is 0.141. The van der Waals surface area contributed by atoms with Crippen LogP contribution in [0, 0.1) is 5.82 Å². The van der Waals surface area contributed by atoms with E-state index in [1.165, 1.54) is 48.1 Å². The fraction of sp³-hybridized carbons (Fsp3) is 0.389. The highest BCUT2D eigenvalue weighted by atomic mass is 19.1. The maximum absolute atomic E-state index is 14.3. The number of carbonyl (C=O) groups is 2. The number of urea groups is 2. The Hall–Kier alpha value is -5.41. The highest BCUT2D eigenvalue weighted by molar-refractivity contribution is 6.03. The number of methoxy groups -OCH3 is 2. The molecular formula is C36H44FN9O5. The van der Waals surface area contributed by atoms with Gasteiger partial charge in [-0.1, -0.05) is 12.1 Å². The van der Waals surface area contributed by atoms with Gasteiger partial charge < -0.3 is 35.3 Å². The molecule has 0 radical (unpaired) electrons. The number of amides is 4. The fourth-order valence-electron chi connectivity index (χ4n) is 6.46. The van der Waals surface area contributed by atoms with Gasteiger partial charge in [0.1, 0.15) is 17.3 Å². The number of nitrogens with zero attached hydrogens (tertiary/aromatic N) is 6. The van der Waals surface area contributed by atoms with E-state index < -0.39 is 17.9 Å². The van der Waals surface area contributed by atoms with Crippen LogP contribution in [0.5, 0.6) is 11.5 Å². The van der Waals surface area contributed by atoms with E-state index in [-0.39, 0.29) is 11.6 Å². The van der Waals surface area contributed by atoms with Gasteiger partial charge >= 0.3 is 12.1 Å². The number of aromatic nitrogens is 2. The van der Waals surface area contributed by atoms with E-state index in [1.807, 2.05) is 5.01 Å². The summed E-state index contributed by atoms with van der Waals surface area (Å²) in [6.07, 6.45) is 0. The molecule has 1 unspecified atom stereocenters. The molecule has 15 heteroatoms. The summed E-state index contributed by atoms with van der Waals surface area (Å²) < 4.78 is 26.4. The standard InChI is InChI=1S/C36H44FN9O5/c1-25(45(31-13-12-28(50-2)24-32(31)51-3)36(49)40-27-10-8-26(37)9-11-27)33-41-30-7-5-4-6-29(30)34(47)46(33)44-22-20-43(21-23-44)35(48)39-16-19-42-17-14-38-15-18-42/h4-13,24-25,38H,14-23H2,1-3H3,(H,39,48)(H,40,49). The third-order valence-corrected chi connectivity index (χ3v) is 9.24. The summed E-state index contributed by atoms with van der Waals surface area (Å²) in [7, 11) is 3.02. The lowest BCUT2D eigenvalue weighted by Gasteiger charge is -2.39. The number of para-hydroxylation sites is 1. The van der Waals surface area contributed by atoms with Gasteiger partial charge in [-0.3, -0.25) is 14.6 Å². The first kappa shape index (κ1) is 35.4. The Morgan fingerprint density at radius 3 is 2.39 bits per heavy atom. The Labute approximate surface area is 295 Å². The van der Waals surface area contributed by atoms with Crippen molar-refractivity contribution < 1.29 is 23.5 Å².